The molecule has 9 nitrogen and oxygen atoms in total. The molecule has 0 bridgehead atoms. The summed E-state index contributed by atoms with van der Waals surface area (Å²) >= 11 is 0.724. The van der Waals surface area contributed by atoms with Gasteiger partial charge in [-0.1, -0.05) is 13.8 Å². The van der Waals surface area contributed by atoms with E-state index >= 15 is 0 Å². The SMILES string of the molecule is Cc1oc(=O)oc1COC(=O)SC(C)(C)[C@@H](NC(=O)C(C)C)C(=O)OC(C)C.[HH]. The molecule has 10 heteroatoms. The number of nitrogens with one attached hydrogen (secondary N) is 1. The maximum atomic E-state index is 12.5. The van der Waals surface area contributed by atoms with Gasteiger partial charge >= 0.3 is 17.1 Å². The summed E-state index contributed by atoms with van der Waals surface area (Å²) in [6.07, 6.45) is -0.384. The van der Waals surface area contributed by atoms with Crippen molar-refractivity contribution in [3.63, 3.8) is 0 Å². The van der Waals surface area contributed by atoms with Crippen LogP contribution in [0.1, 0.15) is 54.5 Å². The number of carbonyl (C=O) groups is 3. The van der Waals surface area contributed by atoms with E-state index in [4.69, 9.17) is 18.3 Å². The Balaban J connectivity index is 0.00000784. The highest BCUT2D eigenvalue weighted by molar-refractivity contribution is 8.14. The lowest BCUT2D eigenvalue weighted by atomic mass is 10.0. The summed E-state index contributed by atoms with van der Waals surface area (Å²) < 4.78 is 18.7. The zero-order chi connectivity index (χ0) is 21.6. The van der Waals surface area contributed by atoms with E-state index in [1.807, 2.05) is 0 Å². The predicted octanol–water partition coefficient (Wildman–Crippen LogP) is 3.03. The molecule has 1 heterocycles. The van der Waals surface area contributed by atoms with Crippen LogP contribution in [0.2, 0.25) is 0 Å². The maximum Gasteiger partial charge on any atom is 0.519 e. The highest BCUT2D eigenvalue weighted by Crippen LogP contribution is 2.31. The average Bonchev–Trinajstić information content (AvgIpc) is 2.86. The van der Waals surface area contributed by atoms with Crippen molar-refractivity contribution in [3.05, 3.63) is 22.1 Å². The van der Waals surface area contributed by atoms with Gasteiger partial charge in [-0.25, -0.2) is 14.4 Å². The quantitative estimate of drug-likeness (QED) is 0.633. The lowest BCUT2D eigenvalue weighted by Gasteiger charge is -2.32. The number of carbonyl (C=O) groups excluding carboxylic acids is 3. The van der Waals surface area contributed by atoms with Gasteiger partial charge in [0.1, 0.15) is 6.04 Å². The van der Waals surface area contributed by atoms with Crippen molar-refractivity contribution in [2.24, 2.45) is 5.92 Å². The number of aryl methyl sites for hydroxylation is 1. The van der Waals surface area contributed by atoms with Gasteiger partial charge in [-0.15, -0.1) is 0 Å². The number of hydrogen-bond donors (Lipinski definition) is 1. The van der Waals surface area contributed by atoms with Gasteiger partial charge < -0.3 is 23.6 Å². The van der Waals surface area contributed by atoms with E-state index in [1.54, 1.807) is 41.5 Å². The van der Waals surface area contributed by atoms with E-state index in [9.17, 15) is 19.2 Å². The van der Waals surface area contributed by atoms with Crippen molar-refractivity contribution in [2.75, 3.05) is 0 Å². The van der Waals surface area contributed by atoms with Crippen LogP contribution in [0.3, 0.4) is 0 Å². The second kappa shape index (κ2) is 9.81. The van der Waals surface area contributed by atoms with Crippen LogP contribution in [-0.2, 0) is 25.7 Å². The molecule has 1 atom stereocenters. The molecule has 1 N–H and O–H groups in total. The maximum absolute atomic E-state index is 12.5. The van der Waals surface area contributed by atoms with E-state index < -0.39 is 27.9 Å². The first-order valence-electron chi connectivity index (χ1n) is 8.79. The number of esters is 1. The Labute approximate surface area is 169 Å². The summed E-state index contributed by atoms with van der Waals surface area (Å²) in [5.74, 6) is -1.92. The van der Waals surface area contributed by atoms with Gasteiger partial charge in [-0.05, 0) is 46.4 Å². The Hall–Kier alpha value is -2.23. The van der Waals surface area contributed by atoms with Gasteiger partial charge in [0.15, 0.2) is 18.1 Å². The summed E-state index contributed by atoms with van der Waals surface area (Å²) in [7, 11) is 0. The molecule has 0 radical (unpaired) electrons. The topological polar surface area (TPSA) is 125 Å². The van der Waals surface area contributed by atoms with Crippen LogP contribution < -0.4 is 11.1 Å². The van der Waals surface area contributed by atoms with Crippen LogP contribution in [0.15, 0.2) is 13.6 Å². The van der Waals surface area contributed by atoms with Gasteiger partial charge in [0.25, 0.3) is 0 Å². The summed E-state index contributed by atoms with van der Waals surface area (Å²) in [5.41, 5.74) is 0. The Kier molecular flexibility index (Phi) is 8.34. The average molecular weight is 419 g/mol. The number of hydrogen-bond acceptors (Lipinski definition) is 9. The molecule has 1 rings (SSSR count). The molecule has 0 saturated carbocycles. The highest BCUT2D eigenvalue weighted by Gasteiger charge is 2.41. The lowest BCUT2D eigenvalue weighted by molar-refractivity contribution is -0.152. The predicted molar refractivity (Wildman–Crippen MR) is 104 cm³/mol. The lowest BCUT2D eigenvalue weighted by Crippen LogP contribution is -2.54. The number of amides is 1. The van der Waals surface area contributed by atoms with E-state index in [2.05, 4.69) is 5.32 Å². The van der Waals surface area contributed by atoms with Crippen LogP contribution in [0.5, 0.6) is 0 Å². The number of rotatable bonds is 8. The van der Waals surface area contributed by atoms with Gasteiger partial charge in [0.05, 0.1) is 10.9 Å². The minimum absolute atomic E-state index is 0. The van der Waals surface area contributed by atoms with Crippen molar-refractivity contribution in [2.45, 2.75) is 72.0 Å². The normalized spacial score (nSPS) is 12.8. The molecule has 0 aliphatic heterocycles. The van der Waals surface area contributed by atoms with Crippen LogP contribution in [0.25, 0.3) is 0 Å². The van der Waals surface area contributed by atoms with Crippen LogP contribution in [0, 0.1) is 12.8 Å². The van der Waals surface area contributed by atoms with Crippen molar-refractivity contribution in [1.29, 1.82) is 0 Å². The minimum atomic E-state index is -1.07. The van der Waals surface area contributed by atoms with Crippen molar-refractivity contribution in [3.8, 4) is 0 Å². The minimum Gasteiger partial charge on any atom is -0.461 e. The first kappa shape index (κ1) is 23.8. The molecule has 0 aromatic carbocycles. The van der Waals surface area contributed by atoms with Crippen LogP contribution in [-0.4, -0.2) is 34.1 Å². The third-order valence-electron chi connectivity index (χ3n) is 3.60. The molecule has 28 heavy (non-hydrogen) atoms. The molecular weight excluding hydrogens is 390 g/mol. The zero-order valence-corrected chi connectivity index (χ0v) is 17.9. The van der Waals surface area contributed by atoms with E-state index in [0.29, 0.717) is 0 Å². The molecule has 0 aliphatic rings. The Morgan fingerprint density at radius 3 is 2.25 bits per heavy atom. The fourth-order valence-corrected chi connectivity index (χ4v) is 2.88. The van der Waals surface area contributed by atoms with E-state index in [0.717, 1.165) is 11.8 Å². The Morgan fingerprint density at radius 1 is 1.18 bits per heavy atom. The van der Waals surface area contributed by atoms with Crippen molar-refractivity contribution >= 4 is 28.9 Å². The molecule has 160 valence electrons. The number of thioether (sulfide) groups is 1. The second-order valence-corrected chi connectivity index (χ2v) is 8.85. The zero-order valence-electron chi connectivity index (χ0n) is 17.1. The molecule has 0 saturated heterocycles. The first-order valence-corrected chi connectivity index (χ1v) is 9.61. The van der Waals surface area contributed by atoms with Gasteiger partial charge in [0.2, 0.25) is 5.91 Å². The summed E-state index contributed by atoms with van der Waals surface area (Å²) in [6, 6.07) is -1.07. The number of ether oxygens (including phenoxy) is 2. The third kappa shape index (κ3) is 7.06. The highest BCUT2D eigenvalue weighted by atomic mass is 32.2. The van der Waals surface area contributed by atoms with Gasteiger partial charge in [0, 0.05) is 7.34 Å². The summed E-state index contributed by atoms with van der Waals surface area (Å²) in [4.78, 5) is 47.9. The monoisotopic (exact) mass is 419 g/mol. The standard InChI is InChI=1S/C18H27NO8S.H2/c1-9(2)14(20)19-13(15(21)25-10(3)4)18(6,7)28-17(23)24-8-12-11(5)26-16(22)27-12;/h9-10,13H,8H2,1-7H3,(H,19,20);1H/t13-;/m0./s1. The molecule has 0 unspecified atom stereocenters. The van der Waals surface area contributed by atoms with Crippen LogP contribution in [0.4, 0.5) is 4.79 Å². The second-order valence-electron chi connectivity index (χ2n) is 7.26. The Bertz CT molecular complexity index is 768. The first-order chi connectivity index (χ1) is 12.8. The summed E-state index contributed by atoms with van der Waals surface area (Å²) in [5, 5.41) is 1.92. The smallest absolute Gasteiger partial charge is 0.461 e. The Morgan fingerprint density at radius 2 is 1.79 bits per heavy atom. The molecule has 0 aliphatic carbocycles. The van der Waals surface area contributed by atoms with E-state index in [1.165, 1.54) is 6.92 Å². The summed E-state index contributed by atoms with van der Waals surface area (Å²) in [6.45, 7) is 11.2. The largest absolute Gasteiger partial charge is 0.519 e. The molecule has 1 amide bonds. The third-order valence-corrected chi connectivity index (χ3v) is 4.64. The molecular formula is C18H29NO8S. The molecule has 0 spiro atoms. The van der Waals surface area contributed by atoms with Gasteiger partial charge in [-0.2, -0.15) is 0 Å². The molecule has 1 aromatic heterocycles. The van der Waals surface area contributed by atoms with Crippen LogP contribution >= 0.6 is 11.8 Å². The van der Waals surface area contributed by atoms with Crippen molar-refractivity contribution in [1.82, 2.24) is 5.32 Å². The van der Waals surface area contributed by atoms with Crippen molar-refractivity contribution < 1.29 is 34.1 Å². The molecule has 1 aromatic rings. The fourth-order valence-electron chi connectivity index (χ4n) is 2.06. The fraction of sp³-hybridized carbons (Fsp3) is 0.667. The van der Waals surface area contributed by atoms with E-state index in [-0.39, 0.29) is 37.5 Å². The van der Waals surface area contributed by atoms with Gasteiger partial charge in [-0.3, -0.25) is 4.79 Å². The molecule has 0 fully saturated rings.